The molecule has 59 heavy (non-hydrogen) atoms. The number of anilines is 4. The van der Waals surface area contributed by atoms with Crippen molar-refractivity contribution in [2.45, 2.75) is 19.6 Å². The third-order valence-electron chi connectivity index (χ3n) is 7.57. The van der Waals surface area contributed by atoms with E-state index in [4.69, 9.17) is 23.2 Å². The fourth-order valence-electron chi connectivity index (χ4n) is 5.00. The van der Waals surface area contributed by atoms with Gasteiger partial charge in [-0.1, -0.05) is 36.4 Å². The van der Waals surface area contributed by atoms with E-state index >= 15 is 0 Å². The van der Waals surface area contributed by atoms with Crippen molar-refractivity contribution in [1.82, 2.24) is 29.9 Å². The van der Waals surface area contributed by atoms with Crippen molar-refractivity contribution < 1.29 is 82.9 Å². The minimum absolute atomic E-state index is 0. The van der Waals surface area contributed by atoms with Crippen molar-refractivity contribution in [3.8, 4) is 22.8 Å². The smallest absolute Gasteiger partial charge is 1.00 e. The summed E-state index contributed by atoms with van der Waals surface area (Å²) in [5, 5.41) is 4.86. The number of aromatic nitrogens is 6. The minimum atomic E-state index is -4.96. The SMILES string of the molecule is O=S(=O)(O)c1ccc(Nc2nc(Cl)nc(-c3ccc(C=Cc4ccc(-c5nc(Cl)nc(Nc6ccc(S(=O)(=O)O)cc6)n5)cc4S(=O)(=O)O)c(S(=O)(=O)O)c3)n2)cc1.[H-].[Na+]. The standard InChI is InChI=1S/C32H22Cl2N8O12S4.Na.H/c33-29-37-27(39-31(41-29)35-21-7-11-23(12-8-21)55(43,44)45)19-5-3-17(25(15-19)57(49,50)51)1-2-18-4-6-20(16-26(18)58(52,53)54)28-38-30(34)42-32(40-28)36-22-9-13-24(14-10-22)56(46,47)48;;/h1-16H,(H,43,44,45)(H,46,47,48)(H,49,50,51)(H,52,53,54)(H,35,37,39,41)(H,36,38,40,42);;/q;+1;-1. The normalized spacial score (nSPS) is 12.2. The second-order valence-electron chi connectivity index (χ2n) is 11.5. The van der Waals surface area contributed by atoms with Crippen molar-refractivity contribution in [3.63, 3.8) is 0 Å². The molecule has 6 rings (SSSR count). The van der Waals surface area contributed by atoms with E-state index in [2.05, 4.69) is 40.5 Å². The Labute approximate surface area is 368 Å². The molecule has 4 aromatic carbocycles. The van der Waals surface area contributed by atoms with Gasteiger partial charge in [-0.05, 0) is 95.0 Å². The van der Waals surface area contributed by atoms with E-state index in [-0.39, 0.29) is 109 Å². The van der Waals surface area contributed by atoms with Gasteiger partial charge < -0.3 is 12.1 Å². The number of halogens is 2. The molecule has 0 unspecified atom stereocenters. The first-order valence-corrected chi connectivity index (χ1v) is 22.0. The molecule has 2 aromatic heterocycles. The van der Waals surface area contributed by atoms with E-state index in [0.717, 1.165) is 48.6 Å². The van der Waals surface area contributed by atoms with Gasteiger partial charge in [0.05, 0.1) is 9.79 Å². The Morgan fingerprint density at radius 2 is 0.814 bits per heavy atom. The van der Waals surface area contributed by atoms with Gasteiger partial charge in [-0.3, -0.25) is 18.2 Å². The Kier molecular flexibility index (Phi) is 13.6. The summed E-state index contributed by atoms with van der Waals surface area (Å²) in [6.07, 6.45) is 2.30. The molecule has 0 atom stereocenters. The zero-order chi connectivity index (χ0) is 42.2. The van der Waals surface area contributed by atoms with Crippen LogP contribution in [0.3, 0.4) is 0 Å². The summed E-state index contributed by atoms with van der Waals surface area (Å²) in [5.74, 6) is -0.608. The van der Waals surface area contributed by atoms with Crippen LogP contribution in [0.4, 0.5) is 23.3 Å². The van der Waals surface area contributed by atoms with Crippen molar-refractivity contribution in [3.05, 3.63) is 107 Å². The zero-order valence-corrected chi connectivity index (χ0v) is 36.1. The number of rotatable bonds is 12. The van der Waals surface area contributed by atoms with Crippen molar-refractivity contribution in [1.29, 1.82) is 0 Å². The number of nitrogens with zero attached hydrogens (tertiary/aromatic N) is 6. The van der Waals surface area contributed by atoms with Gasteiger partial charge >= 0.3 is 29.6 Å². The molecule has 0 aliphatic carbocycles. The molecule has 0 aliphatic heterocycles. The monoisotopic (exact) mass is 932 g/mol. The summed E-state index contributed by atoms with van der Waals surface area (Å²) in [4.78, 5) is 22.2. The Hall–Kier alpha value is -4.54. The topological polar surface area (TPSA) is 319 Å². The van der Waals surface area contributed by atoms with Crippen molar-refractivity contribution >= 4 is 99.1 Å². The van der Waals surface area contributed by atoms with Crippen molar-refractivity contribution in [2.75, 3.05) is 10.6 Å². The van der Waals surface area contributed by atoms with E-state index in [1.54, 1.807) is 0 Å². The van der Waals surface area contributed by atoms with Gasteiger partial charge in [-0.2, -0.15) is 63.6 Å². The third-order valence-corrected chi connectivity index (χ3v) is 11.5. The van der Waals surface area contributed by atoms with E-state index < -0.39 is 50.3 Å². The molecule has 0 amide bonds. The van der Waals surface area contributed by atoms with Crippen LogP contribution in [0, 0.1) is 0 Å². The fourth-order valence-corrected chi connectivity index (χ4v) is 7.70. The first-order valence-electron chi connectivity index (χ1n) is 15.5. The van der Waals surface area contributed by atoms with Gasteiger partial charge in [-0.25, -0.2) is 0 Å². The molecule has 0 bridgehead atoms. The number of benzene rings is 4. The van der Waals surface area contributed by atoms with E-state index in [0.29, 0.717) is 0 Å². The van der Waals surface area contributed by atoms with Crippen LogP contribution in [0.25, 0.3) is 34.9 Å². The average Bonchev–Trinajstić information content (AvgIpc) is 3.12. The van der Waals surface area contributed by atoms with Gasteiger partial charge in [0, 0.05) is 22.5 Å². The van der Waals surface area contributed by atoms with Crippen LogP contribution in [-0.2, 0) is 40.5 Å². The maximum absolute atomic E-state index is 12.5. The second-order valence-corrected chi connectivity index (χ2v) is 17.8. The molecular weight excluding hydrogens is 911 g/mol. The van der Waals surface area contributed by atoms with Gasteiger partial charge in [0.2, 0.25) is 22.5 Å². The van der Waals surface area contributed by atoms with E-state index in [9.17, 15) is 51.9 Å². The summed E-state index contributed by atoms with van der Waals surface area (Å²) in [7, 11) is -18.8. The Balaban J connectivity index is 0.00000397. The molecule has 0 radical (unpaired) electrons. The van der Waals surface area contributed by atoms with Crippen LogP contribution in [0.2, 0.25) is 10.6 Å². The summed E-state index contributed by atoms with van der Waals surface area (Å²) in [6, 6.07) is 16.9. The molecule has 0 saturated carbocycles. The Morgan fingerprint density at radius 1 is 0.475 bits per heavy atom. The van der Waals surface area contributed by atoms with Gasteiger partial charge in [0.25, 0.3) is 40.5 Å². The molecule has 0 aliphatic rings. The molecule has 20 nitrogen and oxygen atoms in total. The number of nitrogens with one attached hydrogen (secondary N) is 2. The van der Waals surface area contributed by atoms with Crippen LogP contribution in [-0.4, -0.2) is 81.8 Å². The summed E-state index contributed by atoms with van der Waals surface area (Å²) >= 11 is 12.2. The fraction of sp³-hybridized carbons (Fsp3) is 0. The summed E-state index contributed by atoms with van der Waals surface area (Å²) < 4.78 is 134. The molecule has 0 fully saturated rings. The van der Waals surface area contributed by atoms with Gasteiger partial charge in [0.15, 0.2) is 11.6 Å². The molecular formula is C32H23Cl2N8NaO12S4. The third kappa shape index (κ3) is 11.6. The summed E-state index contributed by atoms with van der Waals surface area (Å²) in [5.41, 5.74) is 0.334. The largest absolute Gasteiger partial charge is 1.00 e. The van der Waals surface area contributed by atoms with E-state index in [1.165, 1.54) is 48.5 Å². The van der Waals surface area contributed by atoms with Crippen LogP contribution in [0.5, 0.6) is 0 Å². The number of hydrogen-bond acceptors (Lipinski definition) is 16. The van der Waals surface area contributed by atoms with Crippen molar-refractivity contribution in [2.24, 2.45) is 0 Å². The van der Waals surface area contributed by atoms with E-state index in [1.807, 2.05) is 0 Å². The molecule has 2 heterocycles. The predicted molar refractivity (Wildman–Crippen MR) is 209 cm³/mol. The quantitative estimate of drug-likeness (QED) is 0.0583. The molecule has 0 saturated heterocycles. The maximum atomic E-state index is 12.5. The molecule has 27 heteroatoms. The first kappa shape index (κ1) is 45.5. The van der Waals surface area contributed by atoms with Crippen LogP contribution in [0.15, 0.2) is 105 Å². The first-order chi connectivity index (χ1) is 27.0. The average molecular weight is 934 g/mol. The summed E-state index contributed by atoms with van der Waals surface area (Å²) in [6.45, 7) is 0. The van der Waals surface area contributed by atoms with Crippen LogP contribution in [0.1, 0.15) is 12.6 Å². The molecule has 6 N–H and O–H groups in total. The molecule has 0 spiro atoms. The zero-order valence-electron chi connectivity index (χ0n) is 30.4. The van der Waals surface area contributed by atoms with Gasteiger partial charge in [0.1, 0.15) is 9.79 Å². The Bertz CT molecular complexity index is 2890. The molecule has 6 aromatic rings. The minimum Gasteiger partial charge on any atom is -1.00 e. The maximum Gasteiger partial charge on any atom is 1.00 e. The van der Waals surface area contributed by atoms with Crippen LogP contribution < -0.4 is 40.2 Å². The van der Waals surface area contributed by atoms with Crippen LogP contribution >= 0.6 is 23.2 Å². The second kappa shape index (κ2) is 17.6. The Morgan fingerprint density at radius 3 is 1.12 bits per heavy atom. The van der Waals surface area contributed by atoms with Gasteiger partial charge in [-0.15, -0.1) is 0 Å². The molecule has 302 valence electrons. The predicted octanol–water partition coefficient (Wildman–Crippen LogP) is 2.46. The number of hydrogen-bond donors (Lipinski definition) is 6.